The molecule has 0 bridgehead atoms. The summed E-state index contributed by atoms with van der Waals surface area (Å²) in [6.45, 7) is 9.61. The Labute approximate surface area is 84.1 Å². The molecule has 0 aromatic heterocycles. The second kappa shape index (κ2) is 5.02. The summed E-state index contributed by atoms with van der Waals surface area (Å²) in [6, 6.07) is 0. The fraction of sp³-hybridized carbons (Fsp3) is 1.00. The molecule has 1 aliphatic carbocycles. The lowest BCUT2D eigenvalue weighted by Crippen LogP contribution is -2.23. The van der Waals surface area contributed by atoms with Crippen molar-refractivity contribution in [3.05, 3.63) is 0 Å². The van der Waals surface area contributed by atoms with Gasteiger partial charge in [-0.05, 0) is 30.1 Å². The van der Waals surface area contributed by atoms with Crippen LogP contribution in [0.25, 0.3) is 0 Å². The van der Waals surface area contributed by atoms with E-state index in [-0.39, 0.29) is 0 Å². The average molecular weight is 182 g/mol. The third kappa shape index (κ3) is 3.00. The SMILES string of the molecule is CCC(C)C(C)CC(C)C1CCC1. The molecule has 0 heteroatoms. The molecule has 3 atom stereocenters. The Morgan fingerprint density at radius 3 is 2.08 bits per heavy atom. The first-order valence-corrected chi connectivity index (χ1v) is 6.15. The van der Waals surface area contributed by atoms with Gasteiger partial charge in [0.05, 0.1) is 0 Å². The second-order valence-electron chi connectivity index (χ2n) is 5.27. The Balaban J connectivity index is 2.21. The number of hydrogen-bond acceptors (Lipinski definition) is 0. The monoisotopic (exact) mass is 182 g/mol. The average Bonchev–Trinajstić information content (AvgIpc) is 1.99. The molecule has 0 radical (unpaired) electrons. The van der Waals surface area contributed by atoms with Crippen LogP contribution in [0.4, 0.5) is 0 Å². The summed E-state index contributed by atoms with van der Waals surface area (Å²) in [6.07, 6.45) is 7.31. The Bertz CT molecular complexity index is 126. The molecular weight excluding hydrogens is 156 g/mol. The Morgan fingerprint density at radius 2 is 1.69 bits per heavy atom. The first kappa shape index (κ1) is 11.1. The molecule has 1 saturated carbocycles. The summed E-state index contributed by atoms with van der Waals surface area (Å²) in [5.41, 5.74) is 0. The largest absolute Gasteiger partial charge is 0.0651 e. The van der Waals surface area contributed by atoms with Crippen LogP contribution in [0.2, 0.25) is 0 Å². The van der Waals surface area contributed by atoms with E-state index in [4.69, 9.17) is 0 Å². The van der Waals surface area contributed by atoms with E-state index >= 15 is 0 Å². The zero-order valence-electron chi connectivity index (χ0n) is 9.84. The summed E-state index contributed by atoms with van der Waals surface area (Å²) < 4.78 is 0. The fourth-order valence-corrected chi connectivity index (χ4v) is 2.42. The number of hydrogen-bond donors (Lipinski definition) is 0. The molecule has 78 valence electrons. The molecule has 0 aliphatic heterocycles. The lowest BCUT2D eigenvalue weighted by atomic mass is 9.72. The van der Waals surface area contributed by atoms with Crippen molar-refractivity contribution in [2.45, 2.75) is 59.8 Å². The van der Waals surface area contributed by atoms with Crippen LogP contribution in [-0.2, 0) is 0 Å². The predicted octanol–water partition coefficient (Wildman–Crippen LogP) is 4.49. The van der Waals surface area contributed by atoms with Crippen LogP contribution >= 0.6 is 0 Å². The van der Waals surface area contributed by atoms with Crippen molar-refractivity contribution < 1.29 is 0 Å². The van der Waals surface area contributed by atoms with Gasteiger partial charge < -0.3 is 0 Å². The van der Waals surface area contributed by atoms with Crippen molar-refractivity contribution in [3.8, 4) is 0 Å². The van der Waals surface area contributed by atoms with E-state index in [1.807, 2.05) is 0 Å². The Morgan fingerprint density at radius 1 is 1.08 bits per heavy atom. The molecule has 1 rings (SSSR count). The van der Waals surface area contributed by atoms with E-state index in [0.717, 1.165) is 23.7 Å². The van der Waals surface area contributed by atoms with Crippen LogP contribution < -0.4 is 0 Å². The molecular formula is C13H26. The first-order chi connectivity index (χ1) is 6.15. The first-order valence-electron chi connectivity index (χ1n) is 6.15. The summed E-state index contributed by atoms with van der Waals surface area (Å²) >= 11 is 0. The Hall–Kier alpha value is 0. The van der Waals surface area contributed by atoms with E-state index in [0.29, 0.717) is 0 Å². The predicted molar refractivity (Wildman–Crippen MR) is 59.7 cm³/mol. The van der Waals surface area contributed by atoms with Gasteiger partial charge in [-0.15, -0.1) is 0 Å². The van der Waals surface area contributed by atoms with Crippen molar-refractivity contribution in [2.75, 3.05) is 0 Å². The molecule has 0 N–H and O–H groups in total. The summed E-state index contributed by atoms with van der Waals surface area (Å²) in [7, 11) is 0. The molecule has 0 nitrogen and oxygen atoms in total. The smallest absolute Gasteiger partial charge is 0.0388 e. The van der Waals surface area contributed by atoms with Gasteiger partial charge in [0, 0.05) is 0 Å². The lowest BCUT2D eigenvalue weighted by molar-refractivity contribution is 0.175. The third-order valence-corrected chi connectivity index (χ3v) is 4.31. The van der Waals surface area contributed by atoms with Gasteiger partial charge in [0.25, 0.3) is 0 Å². The molecule has 13 heavy (non-hydrogen) atoms. The maximum absolute atomic E-state index is 2.46. The summed E-state index contributed by atoms with van der Waals surface area (Å²) in [5, 5.41) is 0. The van der Waals surface area contributed by atoms with Crippen LogP contribution in [0, 0.1) is 23.7 Å². The number of rotatable bonds is 5. The standard InChI is InChI=1S/C13H26/c1-5-10(2)11(3)9-12(4)13-7-6-8-13/h10-13H,5-9H2,1-4H3. The molecule has 1 fully saturated rings. The van der Waals surface area contributed by atoms with Crippen LogP contribution in [0.1, 0.15) is 59.8 Å². The van der Waals surface area contributed by atoms with E-state index in [1.165, 1.54) is 32.1 Å². The topological polar surface area (TPSA) is 0 Å². The summed E-state index contributed by atoms with van der Waals surface area (Å²) in [5.74, 6) is 3.91. The fourth-order valence-electron chi connectivity index (χ4n) is 2.42. The molecule has 3 unspecified atom stereocenters. The molecule has 0 aromatic carbocycles. The highest BCUT2D eigenvalue weighted by Gasteiger charge is 2.25. The van der Waals surface area contributed by atoms with Crippen molar-refractivity contribution in [2.24, 2.45) is 23.7 Å². The van der Waals surface area contributed by atoms with Gasteiger partial charge in [0.1, 0.15) is 0 Å². The zero-order valence-corrected chi connectivity index (χ0v) is 9.84. The minimum atomic E-state index is 0.919. The molecule has 0 heterocycles. The minimum absolute atomic E-state index is 0.919. The third-order valence-electron chi connectivity index (χ3n) is 4.31. The molecule has 0 spiro atoms. The van der Waals surface area contributed by atoms with E-state index in [2.05, 4.69) is 27.7 Å². The molecule has 0 saturated heterocycles. The van der Waals surface area contributed by atoms with Gasteiger partial charge in [0.2, 0.25) is 0 Å². The lowest BCUT2D eigenvalue weighted by Gasteiger charge is -2.34. The van der Waals surface area contributed by atoms with E-state index in [1.54, 1.807) is 0 Å². The molecule has 0 amide bonds. The highest BCUT2D eigenvalue weighted by Crippen LogP contribution is 2.37. The zero-order chi connectivity index (χ0) is 9.84. The van der Waals surface area contributed by atoms with Crippen LogP contribution in [0.3, 0.4) is 0 Å². The normalized spacial score (nSPS) is 24.9. The van der Waals surface area contributed by atoms with Gasteiger partial charge in [-0.1, -0.05) is 53.4 Å². The summed E-state index contributed by atoms with van der Waals surface area (Å²) in [4.78, 5) is 0. The van der Waals surface area contributed by atoms with Crippen molar-refractivity contribution in [3.63, 3.8) is 0 Å². The quantitative estimate of drug-likeness (QED) is 0.587. The van der Waals surface area contributed by atoms with Crippen molar-refractivity contribution >= 4 is 0 Å². The van der Waals surface area contributed by atoms with Gasteiger partial charge in [-0.25, -0.2) is 0 Å². The van der Waals surface area contributed by atoms with E-state index < -0.39 is 0 Å². The minimum Gasteiger partial charge on any atom is -0.0651 e. The highest BCUT2D eigenvalue weighted by molar-refractivity contribution is 4.77. The van der Waals surface area contributed by atoms with Gasteiger partial charge in [-0.3, -0.25) is 0 Å². The molecule has 1 aliphatic rings. The van der Waals surface area contributed by atoms with Crippen LogP contribution in [0.5, 0.6) is 0 Å². The van der Waals surface area contributed by atoms with Crippen molar-refractivity contribution in [1.82, 2.24) is 0 Å². The van der Waals surface area contributed by atoms with Gasteiger partial charge in [0.15, 0.2) is 0 Å². The maximum atomic E-state index is 2.46. The van der Waals surface area contributed by atoms with Gasteiger partial charge in [-0.2, -0.15) is 0 Å². The highest BCUT2D eigenvalue weighted by atomic mass is 14.3. The second-order valence-corrected chi connectivity index (χ2v) is 5.27. The molecule has 0 aromatic rings. The van der Waals surface area contributed by atoms with Gasteiger partial charge >= 0.3 is 0 Å². The van der Waals surface area contributed by atoms with E-state index in [9.17, 15) is 0 Å². The van der Waals surface area contributed by atoms with Crippen LogP contribution in [-0.4, -0.2) is 0 Å². The maximum Gasteiger partial charge on any atom is -0.0388 e. The van der Waals surface area contributed by atoms with Crippen LogP contribution in [0.15, 0.2) is 0 Å². The Kier molecular flexibility index (Phi) is 4.28. The van der Waals surface area contributed by atoms with Crippen molar-refractivity contribution in [1.29, 1.82) is 0 Å².